The minimum absolute atomic E-state index is 0.0510. The summed E-state index contributed by atoms with van der Waals surface area (Å²) in [4.78, 5) is 31.4. The number of unbranched alkanes of at least 4 members (excludes halogenated alkanes) is 1. The molecule has 1 aliphatic heterocycles. The number of fused-ring (bicyclic) bond motifs is 1. The number of thiophene rings is 1. The first-order valence-corrected chi connectivity index (χ1v) is 11.7. The van der Waals surface area contributed by atoms with Crippen molar-refractivity contribution in [3.8, 4) is 0 Å². The van der Waals surface area contributed by atoms with Gasteiger partial charge in [0, 0.05) is 23.9 Å². The third-order valence-electron chi connectivity index (χ3n) is 6.04. The molecule has 1 aromatic carbocycles. The van der Waals surface area contributed by atoms with Gasteiger partial charge in [-0.25, -0.2) is 0 Å². The first kappa shape index (κ1) is 20.1. The Morgan fingerprint density at radius 2 is 1.93 bits per heavy atom. The van der Waals surface area contributed by atoms with Crippen LogP contribution in [0.1, 0.15) is 66.6 Å². The van der Waals surface area contributed by atoms with E-state index in [0.29, 0.717) is 13.0 Å². The van der Waals surface area contributed by atoms with Gasteiger partial charge in [0.05, 0.1) is 6.04 Å². The van der Waals surface area contributed by atoms with Gasteiger partial charge >= 0.3 is 0 Å². The second-order valence-corrected chi connectivity index (χ2v) is 9.31. The van der Waals surface area contributed by atoms with Gasteiger partial charge in [-0.05, 0) is 55.2 Å². The number of carbonyl (C=O) groups excluding carboxylic acids is 2. The lowest BCUT2D eigenvalue weighted by molar-refractivity contribution is -0.142. The van der Waals surface area contributed by atoms with E-state index in [2.05, 4.69) is 49.6 Å². The number of benzene rings is 1. The molecule has 2 amide bonds. The predicted molar refractivity (Wildman–Crippen MR) is 117 cm³/mol. The largest absolute Gasteiger partial charge is 0.330 e. The smallest absolute Gasteiger partial charge is 0.243 e. The van der Waals surface area contributed by atoms with E-state index in [0.717, 1.165) is 37.7 Å². The number of hydrogen-bond donors (Lipinski definition) is 0. The molecule has 1 saturated carbocycles. The maximum Gasteiger partial charge on any atom is 0.243 e. The molecule has 1 fully saturated rings. The Morgan fingerprint density at radius 1 is 1.17 bits per heavy atom. The lowest BCUT2D eigenvalue weighted by atomic mass is 9.92. The zero-order valence-electron chi connectivity index (χ0n) is 17.4. The molecule has 0 bridgehead atoms. The van der Waals surface area contributed by atoms with Crippen LogP contribution >= 0.6 is 11.3 Å². The summed E-state index contributed by atoms with van der Waals surface area (Å²) in [6.07, 6.45) is 5.40. The van der Waals surface area contributed by atoms with Crippen LogP contribution < -0.4 is 0 Å². The molecule has 2 heterocycles. The molecular weight excluding hydrogens is 380 g/mol. The Hall–Kier alpha value is -2.14. The van der Waals surface area contributed by atoms with Gasteiger partial charge in [0.25, 0.3) is 0 Å². The summed E-state index contributed by atoms with van der Waals surface area (Å²) in [6, 6.07) is 10.9. The van der Waals surface area contributed by atoms with Gasteiger partial charge in [-0.3, -0.25) is 9.59 Å². The minimum atomic E-state index is -0.0510. The highest BCUT2D eigenvalue weighted by molar-refractivity contribution is 7.10. The summed E-state index contributed by atoms with van der Waals surface area (Å²) in [6.45, 7) is 5.11. The normalized spacial score (nSPS) is 18.4. The molecule has 1 atom stereocenters. The SMILES string of the molecule is CCCCC(=O)N(CC(=O)N1CCc2sccc2[C@@H]1c1ccc(C)cc1)C1CC1. The highest BCUT2D eigenvalue weighted by Crippen LogP contribution is 2.38. The predicted octanol–water partition coefficient (Wildman–Crippen LogP) is 4.71. The van der Waals surface area contributed by atoms with Crippen LogP contribution in [0.5, 0.6) is 0 Å². The number of carbonyl (C=O) groups is 2. The van der Waals surface area contributed by atoms with Gasteiger partial charge in [0.1, 0.15) is 6.54 Å². The van der Waals surface area contributed by atoms with Crippen LogP contribution in [0.3, 0.4) is 0 Å². The maximum absolute atomic E-state index is 13.4. The topological polar surface area (TPSA) is 40.6 Å². The van der Waals surface area contributed by atoms with Crippen LogP contribution in [0.15, 0.2) is 35.7 Å². The van der Waals surface area contributed by atoms with Crippen LogP contribution in [0.25, 0.3) is 0 Å². The highest BCUT2D eigenvalue weighted by atomic mass is 32.1. The van der Waals surface area contributed by atoms with Crippen molar-refractivity contribution in [3.05, 3.63) is 57.3 Å². The molecule has 154 valence electrons. The van der Waals surface area contributed by atoms with Gasteiger partial charge < -0.3 is 9.80 Å². The molecule has 5 heteroatoms. The van der Waals surface area contributed by atoms with Gasteiger partial charge in [-0.15, -0.1) is 11.3 Å². The molecule has 4 rings (SSSR count). The van der Waals surface area contributed by atoms with E-state index in [1.165, 1.54) is 16.0 Å². The lowest BCUT2D eigenvalue weighted by Crippen LogP contribution is -2.47. The van der Waals surface area contributed by atoms with Crippen molar-refractivity contribution in [1.29, 1.82) is 0 Å². The Morgan fingerprint density at radius 3 is 2.62 bits per heavy atom. The summed E-state index contributed by atoms with van der Waals surface area (Å²) < 4.78 is 0. The van der Waals surface area contributed by atoms with E-state index in [9.17, 15) is 9.59 Å². The fourth-order valence-corrected chi connectivity index (χ4v) is 5.11. The van der Waals surface area contributed by atoms with E-state index in [-0.39, 0.29) is 30.4 Å². The van der Waals surface area contributed by atoms with Crippen molar-refractivity contribution in [2.45, 2.75) is 64.5 Å². The van der Waals surface area contributed by atoms with Crippen molar-refractivity contribution in [3.63, 3.8) is 0 Å². The second kappa shape index (κ2) is 8.70. The molecule has 2 aromatic rings. The summed E-state index contributed by atoms with van der Waals surface area (Å²) >= 11 is 1.78. The molecule has 0 N–H and O–H groups in total. The molecule has 1 aliphatic carbocycles. The molecule has 0 unspecified atom stereocenters. The van der Waals surface area contributed by atoms with Crippen LogP contribution in [-0.4, -0.2) is 40.7 Å². The third-order valence-corrected chi connectivity index (χ3v) is 7.03. The quantitative estimate of drug-likeness (QED) is 0.663. The average molecular weight is 411 g/mol. The monoisotopic (exact) mass is 410 g/mol. The number of nitrogens with zero attached hydrogens (tertiary/aromatic N) is 2. The van der Waals surface area contributed by atoms with Crippen molar-refractivity contribution in [1.82, 2.24) is 9.80 Å². The number of aryl methyl sites for hydroxylation is 1. The molecule has 1 aromatic heterocycles. The Labute approximate surface area is 177 Å². The van der Waals surface area contributed by atoms with Crippen molar-refractivity contribution in [2.75, 3.05) is 13.1 Å². The zero-order valence-corrected chi connectivity index (χ0v) is 18.2. The summed E-state index contributed by atoms with van der Waals surface area (Å²) in [5.74, 6) is 0.215. The summed E-state index contributed by atoms with van der Waals surface area (Å²) in [5.41, 5.74) is 3.61. The number of rotatable bonds is 7. The maximum atomic E-state index is 13.4. The van der Waals surface area contributed by atoms with E-state index in [4.69, 9.17) is 0 Å². The molecular formula is C24H30N2O2S. The molecule has 29 heavy (non-hydrogen) atoms. The Bertz CT molecular complexity index is 869. The number of amides is 2. The van der Waals surface area contributed by atoms with Crippen molar-refractivity contribution >= 4 is 23.2 Å². The van der Waals surface area contributed by atoms with E-state index in [1.807, 2.05) is 9.80 Å². The minimum Gasteiger partial charge on any atom is -0.330 e. The number of hydrogen-bond acceptors (Lipinski definition) is 3. The standard InChI is InChI=1S/C24H30N2O2S/c1-3-4-5-22(27)26(19-10-11-19)16-23(28)25-14-12-21-20(13-15-29-21)24(25)18-8-6-17(2)7-9-18/h6-9,13,15,19,24H,3-5,10-12,14,16H2,1-2H3/t24-/m0/s1. The first-order valence-electron chi connectivity index (χ1n) is 10.8. The summed E-state index contributed by atoms with van der Waals surface area (Å²) in [7, 11) is 0. The first-order chi connectivity index (χ1) is 14.1. The van der Waals surface area contributed by atoms with Crippen LogP contribution in [-0.2, 0) is 16.0 Å². The second-order valence-electron chi connectivity index (χ2n) is 8.31. The Kier molecular flexibility index (Phi) is 6.04. The molecule has 2 aliphatic rings. The fourth-order valence-electron chi connectivity index (χ4n) is 4.21. The average Bonchev–Trinajstić information content (AvgIpc) is 3.45. The van der Waals surface area contributed by atoms with E-state index < -0.39 is 0 Å². The molecule has 0 saturated heterocycles. The Balaban J connectivity index is 1.57. The lowest BCUT2D eigenvalue weighted by Gasteiger charge is -2.37. The fraction of sp³-hybridized carbons (Fsp3) is 0.500. The summed E-state index contributed by atoms with van der Waals surface area (Å²) in [5, 5.41) is 2.13. The van der Waals surface area contributed by atoms with Gasteiger partial charge in [-0.1, -0.05) is 43.2 Å². The molecule has 4 nitrogen and oxygen atoms in total. The van der Waals surface area contributed by atoms with Gasteiger partial charge in [-0.2, -0.15) is 0 Å². The van der Waals surface area contributed by atoms with E-state index in [1.54, 1.807) is 11.3 Å². The van der Waals surface area contributed by atoms with Gasteiger partial charge in [0.15, 0.2) is 0 Å². The van der Waals surface area contributed by atoms with Crippen LogP contribution in [0, 0.1) is 6.92 Å². The van der Waals surface area contributed by atoms with Crippen molar-refractivity contribution in [2.24, 2.45) is 0 Å². The van der Waals surface area contributed by atoms with Crippen molar-refractivity contribution < 1.29 is 9.59 Å². The third kappa shape index (κ3) is 4.40. The zero-order chi connectivity index (χ0) is 20.4. The van der Waals surface area contributed by atoms with Crippen LogP contribution in [0.4, 0.5) is 0 Å². The molecule has 0 spiro atoms. The van der Waals surface area contributed by atoms with E-state index >= 15 is 0 Å². The molecule has 0 radical (unpaired) electrons. The van der Waals surface area contributed by atoms with Gasteiger partial charge in [0.2, 0.25) is 11.8 Å². The van der Waals surface area contributed by atoms with Crippen LogP contribution in [0.2, 0.25) is 0 Å². The highest BCUT2D eigenvalue weighted by Gasteiger charge is 2.37.